The van der Waals surface area contributed by atoms with Crippen LogP contribution in [0, 0.1) is 0 Å². The van der Waals surface area contributed by atoms with Crippen molar-refractivity contribution in [1.29, 1.82) is 0 Å². The number of hydrogen-bond acceptors (Lipinski definition) is 5. The van der Waals surface area contributed by atoms with Crippen molar-refractivity contribution in [2.24, 2.45) is 0 Å². The Labute approximate surface area is 161 Å². The Hall–Kier alpha value is -2.24. The Morgan fingerprint density at radius 3 is 1.93 bits per heavy atom. The molecule has 0 saturated carbocycles. The molecule has 27 heavy (non-hydrogen) atoms. The predicted octanol–water partition coefficient (Wildman–Crippen LogP) is 4.25. The maximum absolute atomic E-state index is 6.00. The minimum Gasteiger partial charge on any atom is -0.494 e. The van der Waals surface area contributed by atoms with E-state index in [2.05, 4.69) is 50.1 Å². The number of furan rings is 1. The van der Waals surface area contributed by atoms with Crippen LogP contribution in [0.25, 0.3) is 21.9 Å². The lowest BCUT2D eigenvalue weighted by atomic mass is 10.1. The van der Waals surface area contributed by atoms with Crippen molar-refractivity contribution in [3.63, 3.8) is 0 Å². The highest BCUT2D eigenvalue weighted by Crippen LogP contribution is 2.33. The number of hydrogen-bond donors (Lipinski definition) is 0. The molecule has 0 N–H and O–H groups in total. The summed E-state index contributed by atoms with van der Waals surface area (Å²) in [4.78, 5) is 4.32. The van der Waals surface area contributed by atoms with E-state index in [1.165, 1.54) is 0 Å². The van der Waals surface area contributed by atoms with Crippen LogP contribution in [0.5, 0.6) is 11.5 Å². The molecule has 0 aliphatic heterocycles. The third-order valence-corrected chi connectivity index (χ3v) is 4.45. The van der Waals surface area contributed by atoms with E-state index in [9.17, 15) is 0 Å². The van der Waals surface area contributed by atoms with E-state index in [1.54, 1.807) is 0 Å². The van der Waals surface area contributed by atoms with Gasteiger partial charge in [0.25, 0.3) is 0 Å². The first-order chi connectivity index (χ1) is 13.0. The van der Waals surface area contributed by atoms with Crippen molar-refractivity contribution in [3.05, 3.63) is 36.4 Å². The van der Waals surface area contributed by atoms with Gasteiger partial charge < -0.3 is 23.7 Å². The first-order valence-electron chi connectivity index (χ1n) is 9.54. The topological polar surface area (TPSA) is 38.1 Å². The van der Waals surface area contributed by atoms with Gasteiger partial charge in [-0.1, -0.05) is 0 Å². The summed E-state index contributed by atoms with van der Waals surface area (Å²) in [7, 11) is 8.29. The molecule has 0 unspecified atom stereocenters. The second-order valence-electron chi connectivity index (χ2n) is 7.43. The zero-order valence-electron chi connectivity index (χ0n) is 16.8. The lowest BCUT2D eigenvalue weighted by Crippen LogP contribution is -2.15. The van der Waals surface area contributed by atoms with Crippen LogP contribution in [0.4, 0.5) is 0 Å². The second-order valence-corrected chi connectivity index (χ2v) is 7.43. The van der Waals surface area contributed by atoms with E-state index in [1.807, 2.05) is 24.3 Å². The van der Waals surface area contributed by atoms with Gasteiger partial charge in [0.05, 0.1) is 13.2 Å². The van der Waals surface area contributed by atoms with E-state index < -0.39 is 0 Å². The fraction of sp³-hybridized carbons (Fsp3) is 0.455. The molecule has 0 fully saturated rings. The highest BCUT2D eigenvalue weighted by Gasteiger charge is 2.09. The van der Waals surface area contributed by atoms with Gasteiger partial charge in [0.2, 0.25) is 0 Å². The zero-order valence-corrected chi connectivity index (χ0v) is 16.8. The van der Waals surface area contributed by atoms with E-state index in [0.717, 1.165) is 59.4 Å². The Kier molecular flexibility index (Phi) is 6.58. The van der Waals surface area contributed by atoms with E-state index >= 15 is 0 Å². The van der Waals surface area contributed by atoms with Gasteiger partial charge in [-0.2, -0.15) is 0 Å². The monoisotopic (exact) mass is 370 g/mol. The summed E-state index contributed by atoms with van der Waals surface area (Å²) in [5, 5.41) is 2.17. The average molecular weight is 370 g/mol. The Bertz CT molecular complexity index is 870. The molecule has 2 aromatic carbocycles. The van der Waals surface area contributed by atoms with Crippen LogP contribution in [0.1, 0.15) is 12.8 Å². The summed E-state index contributed by atoms with van der Waals surface area (Å²) in [5.41, 5.74) is 1.72. The third kappa shape index (κ3) is 5.37. The summed E-state index contributed by atoms with van der Waals surface area (Å²) < 4.78 is 17.7. The Morgan fingerprint density at radius 1 is 0.704 bits per heavy atom. The standard InChI is InChI=1S/C22H30N2O3/c1-23(2)11-5-13-25-17-8-10-21-20(15-17)19-9-7-18(16-22(19)27-21)26-14-6-12-24(3)4/h7-10,15-16H,5-6,11-14H2,1-4H3. The molecule has 1 heterocycles. The lowest BCUT2D eigenvalue weighted by molar-refractivity contribution is 0.281. The predicted molar refractivity (Wildman–Crippen MR) is 111 cm³/mol. The van der Waals surface area contributed by atoms with Gasteiger partial charge in [-0.25, -0.2) is 0 Å². The van der Waals surface area contributed by atoms with Crippen molar-refractivity contribution in [2.75, 3.05) is 54.5 Å². The highest BCUT2D eigenvalue weighted by atomic mass is 16.5. The lowest BCUT2D eigenvalue weighted by Gasteiger charge is -2.10. The molecule has 0 spiro atoms. The van der Waals surface area contributed by atoms with Crippen LogP contribution in [0.2, 0.25) is 0 Å². The van der Waals surface area contributed by atoms with Gasteiger partial charge in [-0.05, 0) is 71.4 Å². The first-order valence-corrected chi connectivity index (χ1v) is 9.54. The summed E-state index contributed by atoms with van der Waals surface area (Å²) in [6, 6.07) is 12.1. The molecule has 3 aromatic rings. The van der Waals surface area contributed by atoms with Gasteiger partial charge in [0.1, 0.15) is 22.7 Å². The van der Waals surface area contributed by atoms with Gasteiger partial charge in [-0.3, -0.25) is 0 Å². The maximum atomic E-state index is 6.00. The van der Waals surface area contributed by atoms with Crippen molar-refractivity contribution in [3.8, 4) is 11.5 Å². The fourth-order valence-corrected chi connectivity index (χ4v) is 3.06. The van der Waals surface area contributed by atoms with Crippen LogP contribution in [-0.2, 0) is 0 Å². The number of benzene rings is 2. The van der Waals surface area contributed by atoms with Crippen molar-refractivity contribution in [2.45, 2.75) is 12.8 Å². The SMILES string of the molecule is CN(C)CCCOc1ccc2c(c1)oc1ccc(OCCCN(C)C)cc12. The third-order valence-electron chi connectivity index (χ3n) is 4.45. The van der Waals surface area contributed by atoms with Crippen LogP contribution in [-0.4, -0.2) is 64.3 Å². The van der Waals surface area contributed by atoms with E-state index in [4.69, 9.17) is 13.9 Å². The molecule has 0 saturated heterocycles. The van der Waals surface area contributed by atoms with E-state index in [0.29, 0.717) is 13.2 Å². The van der Waals surface area contributed by atoms with Crippen LogP contribution >= 0.6 is 0 Å². The Morgan fingerprint density at radius 2 is 1.30 bits per heavy atom. The summed E-state index contributed by atoms with van der Waals surface area (Å²) in [5.74, 6) is 1.73. The minimum absolute atomic E-state index is 0.703. The molecule has 0 aliphatic carbocycles. The van der Waals surface area contributed by atoms with Crippen LogP contribution < -0.4 is 9.47 Å². The second kappa shape index (κ2) is 9.11. The fourth-order valence-electron chi connectivity index (χ4n) is 3.06. The molecule has 146 valence electrons. The van der Waals surface area contributed by atoms with Gasteiger partial charge >= 0.3 is 0 Å². The summed E-state index contributed by atoms with van der Waals surface area (Å²) in [6.45, 7) is 3.46. The molecule has 1 aromatic heterocycles. The normalized spacial score (nSPS) is 11.8. The van der Waals surface area contributed by atoms with Crippen LogP contribution in [0.15, 0.2) is 40.8 Å². The van der Waals surface area contributed by atoms with Gasteiger partial charge in [0.15, 0.2) is 0 Å². The summed E-state index contributed by atoms with van der Waals surface area (Å²) in [6.07, 6.45) is 2.01. The Balaban J connectivity index is 1.68. The summed E-state index contributed by atoms with van der Waals surface area (Å²) >= 11 is 0. The molecule has 5 heteroatoms. The maximum Gasteiger partial charge on any atom is 0.139 e. The molecular weight excluding hydrogens is 340 g/mol. The molecule has 0 aliphatic rings. The van der Waals surface area contributed by atoms with Crippen molar-refractivity contribution < 1.29 is 13.9 Å². The zero-order chi connectivity index (χ0) is 19.2. The molecule has 3 rings (SSSR count). The quantitative estimate of drug-likeness (QED) is 0.499. The van der Waals surface area contributed by atoms with Crippen LogP contribution in [0.3, 0.4) is 0 Å². The van der Waals surface area contributed by atoms with Gasteiger partial charge in [-0.15, -0.1) is 0 Å². The van der Waals surface area contributed by atoms with Crippen molar-refractivity contribution in [1.82, 2.24) is 9.80 Å². The smallest absolute Gasteiger partial charge is 0.139 e. The van der Waals surface area contributed by atoms with Crippen molar-refractivity contribution >= 4 is 21.9 Å². The molecular formula is C22H30N2O3. The number of fused-ring (bicyclic) bond motifs is 3. The molecule has 0 amide bonds. The largest absolute Gasteiger partial charge is 0.494 e. The molecule has 0 bridgehead atoms. The minimum atomic E-state index is 0.703. The first kappa shape index (κ1) is 19.5. The average Bonchev–Trinajstić information content (AvgIpc) is 2.99. The number of nitrogens with zero attached hydrogens (tertiary/aromatic N) is 2. The number of rotatable bonds is 10. The molecule has 0 radical (unpaired) electrons. The highest BCUT2D eigenvalue weighted by molar-refractivity contribution is 6.05. The molecule has 0 atom stereocenters. The number of ether oxygens (including phenoxy) is 2. The van der Waals surface area contributed by atoms with E-state index in [-0.39, 0.29) is 0 Å². The van der Waals surface area contributed by atoms with Gasteiger partial charge in [0, 0.05) is 29.9 Å². The molecule has 5 nitrogen and oxygen atoms in total.